The highest BCUT2D eigenvalue weighted by atomic mass is 16.4. The van der Waals surface area contributed by atoms with E-state index in [4.69, 9.17) is 5.73 Å². The standard InChI is InChI=1S/C25H40N4O5/c1-7-16(6)21(25(33)34)29-24(32)20(15(4)5)28-22(30)18(13-17-11-9-8-10-12-17)27-23(31)19(26)14(2)3/h8-12,14-16,18-21H,7,13,26H2,1-6H3,(H,27,31)(H,28,30)(H,29,32)(H,33,34). The van der Waals surface area contributed by atoms with Crippen molar-refractivity contribution < 1.29 is 24.3 Å². The van der Waals surface area contributed by atoms with Crippen molar-refractivity contribution in [1.29, 1.82) is 0 Å². The van der Waals surface area contributed by atoms with Gasteiger partial charge < -0.3 is 26.8 Å². The van der Waals surface area contributed by atoms with Gasteiger partial charge in [0.2, 0.25) is 17.7 Å². The number of amides is 3. The molecule has 3 amide bonds. The fourth-order valence-corrected chi connectivity index (χ4v) is 3.34. The van der Waals surface area contributed by atoms with Gasteiger partial charge in [-0.2, -0.15) is 0 Å². The predicted molar refractivity (Wildman–Crippen MR) is 131 cm³/mol. The zero-order valence-electron chi connectivity index (χ0n) is 21.0. The van der Waals surface area contributed by atoms with Crippen LogP contribution in [0.1, 0.15) is 53.5 Å². The SMILES string of the molecule is CCC(C)C(NC(=O)C(NC(=O)C(Cc1ccccc1)NC(=O)C(N)C(C)C)C(C)C)C(=O)O. The van der Waals surface area contributed by atoms with Crippen molar-refractivity contribution in [2.24, 2.45) is 23.5 Å². The maximum atomic E-state index is 13.2. The lowest BCUT2D eigenvalue weighted by Crippen LogP contribution is -2.59. The number of carboxylic acids is 1. The number of aliphatic carboxylic acids is 1. The van der Waals surface area contributed by atoms with E-state index in [1.807, 2.05) is 51.1 Å². The minimum atomic E-state index is -1.13. The van der Waals surface area contributed by atoms with E-state index >= 15 is 0 Å². The minimum Gasteiger partial charge on any atom is -0.480 e. The van der Waals surface area contributed by atoms with Crippen LogP contribution in [0, 0.1) is 17.8 Å². The van der Waals surface area contributed by atoms with Gasteiger partial charge in [-0.15, -0.1) is 0 Å². The number of benzene rings is 1. The molecule has 0 saturated carbocycles. The maximum Gasteiger partial charge on any atom is 0.326 e. The van der Waals surface area contributed by atoms with Crippen molar-refractivity contribution in [2.45, 2.75) is 78.6 Å². The topological polar surface area (TPSA) is 151 Å². The molecule has 9 nitrogen and oxygen atoms in total. The molecule has 0 spiro atoms. The highest BCUT2D eigenvalue weighted by molar-refractivity contribution is 5.94. The zero-order valence-corrected chi connectivity index (χ0v) is 21.0. The van der Waals surface area contributed by atoms with Crippen LogP contribution >= 0.6 is 0 Å². The van der Waals surface area contributed by atoms with Crippen molar-refractivity contribution in [3.8, 4) is 0 Å². The molecule has 34 heavy (non-hydrogen) atoms. The molecule has 0 aliphatic rings. The third-order valence-corrected chi connectivity index (χ3v) is 5.96. The molecule has 1 aromatic rings. The summed E-state index contributed by atoms with van der Waals surface area (Å²) in [4.78, 5) is 50.5. The van der Waals surface area contributed by atoms with E-state index in [2.05, 4.69) is 16.0 Å². The number of carbonyl (C=O) groups is 4. The fourth-order valence-electron chi connectivity index (χ4n) is 3.34. The lowest BCUT2D eigenvalue weighted by atomic mass is 9.96. The second kappa shape index (κ2) is 13.7. The van der Waals surface area contributed by atoms with Gasteiger partial charge in [0.25, 0.3) is 0 Å². The predicted octanol–water partition coefficient (Wildman–Crippen LogP) is 1.45. The third kappa shape index (κ3) is 8.78. The van der Waals surface area contributed by atoms with Crippen molar-refractivity contribution in [2.75, 3.05) is 0 Å². The number of carboxylic acid groups (broad SMARTS) is 1. The molecule has 5 unspecified atom stereocenters. The number of nitrogens with one attached hydrogen (secondary N) is 3. The Bertz CT molecular complexity index is 828. The molecule has 0 saturated heterocycles. The van der Waals surface area contributed by atoms with Gasteiger partial charge in [0, 0.05) is 6.42 Å². The molecule has 1 rings (SSSR count). The first-order chi connectivity index (χ1) is 15.9. The number of carbonyl (C=O) groups excluding carboxylic acids is 3. The van der Waals surface area contributed by atoms with Crippen LogP contribution in [0.5, 0.6) is 0 Å². The second-order valence-electron chi connectivity index (χ2n) is 9.46. The van der Waals surface area contributed by atoms with Crippen molar-refractivity contribution >= 4 is 23.7 Å². The van der Waals surface area contributed by atoms with Crippen molar-refractivity contribution in [3.63, 3.8) is 0 Å². The normalized spacial score (nSPS) is 15.7. The molecule has 1 aromatic carbocycles. The van der Waals surface area contributed by atoms with E-state index in [0.29, 0.717) is 6.42 Å². The van der Waals surface area contributed by atoms with E-state index in [1.54, 1.807) is 20.8 Å². The summed E-state index contributed by atoms with van der Waals surface area (Å²) >= 11 is 0. The van der Waals surface area contributed by atoms with Crippen LogP contribution in [0.2, 0.25) is 0 Å². The Hall–Kier alpha value is -2.94. The molecule has 0 heterocycles. The van der Waals surface area contributed by atoms with Gasteiger partial charge in [-0.1, -0.05) is 78.3 Å². The molecule has 6 N–H and O–H groups in total. The fraction of sp³-hybridized carbons (Fsp3) is 0.600. The summed E-state index contributed by atoms with van der Waals surface area (Å²) in [6.07, 6.45) is 0.775. The summed E-state index contributed by atoms with van der Waals surface area (Å²) in [7, 11) is 0. The Morgan fingerprint density at radius 1 is 0.824 bits per heavy atom. The first-order valence-electron chi connectivity index (χ1n) is 11.8. The molecule has 5 atom stereocenters. The van der Waals surface area contributed by atoms with Crippen LogP contribution in [-0.2, 0) is 25.6 Å². The second-order valence-corrected chi connectivity index (χ2v) is 9.46. The van der Waals surface area contributed by atoms with Gasteiger partial charge in [0.1, 0.15) is 18.1 Å². The van der Waals surface area contributed by atoms with Crippen LogP contribution in [0.3, 0.4) is 0 Å². The lowest BCUT2D eigenvalue weighted by Gasteiger charge is -2.28. The van der Waals surface area contributed by atoms with Gasteiger partial charge in [0.15, 0.2) is 0 Å². The summed E-state index contributed by atoms with van der Waals surface area (Å²) in [5, 5.41) is 17.5. The number of nitrogens with two attached hydrogens (primary N) is 1. The summed E-state index contributed by atoms with van der Waals surface area (Å²) in [6, 6.07) is 5.39. The first kappa shape index (κ1) is 29.1. The van der Waals surface area contributed by atoms with Gasteiger partial charge in [-0.05, 0) is 23.3 Å². The van der Waals surface area contributed by atoms with Gasteiger partial charge >= 0.3 is 5.97 Å². The van der Waals surface area contributed by atoms with E-state index in [1.165, 1.54) is 0 Å². The first-order valence-corrected chi connectivity index (χ1v) is 11.8. The Morgan fingerprint density at radius 3 is 1.85 bits per heavy atom. The van der Waals surface area contributed by atoms with Crippen molar-refractivity contribution in [3.05, 3.63) is 35.9 Å². The summed E-state index contributed by atoms with van der Waals surface area (Å²) in [6.45, 7) is 10.7. The van der Waals surface area contributed by atoms with Gasteiger partial charge in [-0.25, -0.2) is 4.79 Å². The Kier molecular flexibility index (Phi) is 11.7. The highest BCUT2D eigenvalue weighted by Gasteiger charge is 2.33. The Balaban J connectivity index is 3.09. The molecule has 0 aromatic heterocycles. The van der Waals surface area contributed by atoms with E-state index in [9.17, 15) is 24.3 Å². The molecule has 0 aliphatic carbocycles. The van der Waals surface area contributed by atoms with Crippen LogP contribution < -0.4 is 21.7 Å². The van der Waals surface area contributed by atoms with Crippen LogP contribution in [0.25, 0.3) is 0 Å². The smallest absolute Gasteiger partial charge is 0.326 e. The van der Waals surface area contributed by atoms with E-state index in [-0.39, 0.29) is 24.2 Å². The molecule has 0 radical (unpaired) electrons. The van der Waals surface area contributed by atoms with Crippen molar-refractivity contribution in [1.82, 2.24) is 16.0 Å². The summed E-state index contributed by atoms with van der Waals surface area (Å²) < 4.78 is 0. The average Bonchev–Trinajstić information content (AvgIpc) is 2.79. The lowest BCUT2D eigenvalue weighted by molar-refractivity contribution is -0.144. The monoisotopic (exact) mass is 476 g/mol. The molecular formula is C25H40N4O5. The number of hydrogen-bond acceptors (Lipinski definition) is 5. The zero-order chi connectivity index (χ0) is 26.0. The molecule has 0 bridgehead atoms. The molecular weight excluding hydrogens is 436 g/mol. The molecule has 0 fully saturated rings. The van der Waals surface area contributed by atoms with Gasteiger partial charge in [-0.3, -0.25) is 14.4 Å². The largest absolute Gasteiger partial charge is 0.480 e. The van der Waals surface area contributed by atoms with Crippen LogP contribution in [0.4, 0.5) is 0 Å². The third-order valence-electron chi connectivity index (χ3n) is 5.96. The molecule has 190 valence electrons. The quantitative estimate of drug-likeness (QED) is 0.291. The minimum absolute atomic E-state index is 0.122. The van der Waals surface area contributed by atoms with Crippen LogP contribution in [-0.4, -0.2) is 53.0 Å². The number of rotatable bonds is 13. The average molecular weight is 477 g/mol. The summed E-state index contributed by atoms with van der Waals surface area (Å²) in [5.41, 5.74) is 6.79. The number of hydrogen-bond donors (Lipinski definition) is 5. The van der Waals surface area contributed by atoms with Gasteiger partial charge in [0.05, 0.1) is 6.04 Å². The summed E-state index contributed by atoms with van der Waals surface area (Å²) in [5.74, 6) is -3.44. The molecule has 0 aliphatic heterocycles. The van der Waals surface area contributed by atoms with E-state index < -0.39 is 47.9 Å². The van der Waals surface area contributed by atoms with E-state index in [0.717, 1.165) is 5.56 Å². The highest BCUT2D eigenvalue weighted by Crippen LogP contribution is 2.11. The Morgan fingerprint density at radius 2 is 1.38 bits per heavy atom. The maximum absolute atomic E-state index is 13.2. The Labute approximate surface area is 202 Å². The molecule has 9 heteroatoms. The van der Waals surface area contributed by atoms with Crippen LogP contribution in [0.15, 0.2) is 30.3 Å².